The maximum Gasteiger partial charge on any atom is 0.303 e. The van der Waals surface area contributed by atoms with E-state index in [2.05, 4.69) is 5.32 Å². The van der Waals surface area contributed by atoms with Crippen molar-refractivity contribution < 1.29 is 39.5 Å². The number of carbonyl (C=O) groups excluding carboxylic acids is 1. The van der Waals surface area contributed by atoms with E-state index < -0.39 is 18.4 Å². The fraction of sp³-hybridized carbons (Fsp3) is 0.444. The Morgan fingerprint density at radius 2 is 1.59 bits per heavy atom. The van der Waals surface area contributed by atoms with Gasteiger partial charge in [0.05, 0.1) is 24.9 Å². The van der Waals surface area contributed by atoms with E-state index in [9.17, 15) is 24.9 Å². The number of phenolic OH excluding ortho intramolecular Hbond substituents is 1. The number of rotatable bonds is 17. The first-order chi connectivity index (χ1) is 22.2. The Balaban J connectivity index is 1.35. The van der Waals surface area contributed by atoms with Gasteiger partial charge in [0.2, 0.25) is 5.91 Å². The van der Waals surface area contributed by atoms with Gasteiger partial charge in [0.1, 0.15) is 5.75 Å². The van der Waals surface area contributed by atoms with Crippen molar-refractivity contribution in [3.63, 3.8) is 0 Å². The molecule has 1 aliphatic heterocycles. The van der Waals surface area contributed by atoms with Crippen LogP contribution in [-0.2, 0) is 32.2 Å². The van der Waals surface area contributed by atoms with Crippen LogP contribution < -0.4 is 5.32 Å². The molecule has 0 spiro atoms. The smallest absolute Gasteiger partial charge is 0.303 e. The van der Waals surface area contributed by atoms with Crippen LogP contribution in [0.1, 0.15) is 91.3 Å². The zero-order chi connectivity index (χ0) is 32.9. The van der Waals surface area contributed by atoms with Crippen LogP contribution in [0.3, 0.4) is 0 Å². The largest absolute Gasteiger partial charge is 0.508 e. The minimum atomic E-state index is -0.787. The number of nitrogens with one attached hydrogen (secondary N) is 1. The maximum absolute atomic E-state index is 12.3. The Kier molecular flexibility index (Phi) is 13.5. The number of carboxylic acid groups (broad SMARTS) is 1. The number of unbranched alkanes of at least 4 members (excludes halogenated alkanes) is 3. The highest BCUT2D eigenvalue weighted by atomic mass is 16.7. The molecule has 248 valence electrons. The first-order valence-electron chi connectivity index (χ1n) is 15.9. The molecule has 1 saturated heterocycles. The van der Waals surface area contributed by atoms with Crippen LogP contribution in [0.2, 0.25) is 0 Å². The molecule has 5 N–H and O–H groups in total. The van der Waals surface area contributed by atoms with Crippen LogP contribution in [0.5, 0.6) is 5.75 Å². The summed E-state index contributed by atoms with van der Waals surface area (Å²) < 4.78 is 12.9. The lowest BCUT2D eigenvalue weighted by Gasteiger charge is -2.38. The third-order valence-electron chi connectivity index (χ3n) is 8.16. The average molecular weight is 635 g/mol. The van der Waals surface area contributed by atoms with Gasteiger partial charge >= 0.3 is 5.97 Å². The molecule has 10 heteroatoms. The van der Waals surface area contributed by atoms with Gasteiger partial charge in [-0.05, 0) is 54.3 Å². The predicted octanol–water partition coefficient (Wildman–Crippen LogP) is 5.14. The quantitative estimate of drug-likeness (QED) is 0.127. The molecule has 10 nitrogen and oxygen atoms in total. The molecule has 0 saturated carbocycles. The summed E-state index contributed by atoms with van der Waals surface area (Å²) in [4.78, 5) is 24.9. The lowest BCUT2D eigenvalue weighted by Crippen LogP contribution is -2.39. The normalized spacial score (nSPS) is 18.7. The number of carbonyl (C=O) groups is 2. The number of phenols is 1. The van der Waals surface area contributed by atoms with Crippen molar-refractivity contribution in [3.05, 3.63) is 101 Å². The highest BCUT2D eigenvalue weighted by Crippen LogP contribution is 2.38. The third kappa shape index (κ3) is 11.2. The van der Waals surface area contributed by atoms with Crippen LogP contribution in [0.25, 0.3) is 0 Å². The van der Waals surface area contributed by atoms with Crippen LogP contribution in [-0.4, -0.2) is 63.4 Å². The topological polar surface area (TPSA) is 149 Å². The molecule has 0 unspecified atom stereocenters. The summed E-state index contributed by atoms with van der Waals surface area (Å²) >= 11 is 0. The number of nitrogens with zero attached hydrogens (tertiary/aromatic N) is 1. The number of benzene rings is 3. The van der Waals surface area contributed by atoms with Gasteiger partial charge in [-0.25, -0.2) is 0 Å². The second kappa shape index (κ2) is 17.8. The first-order valence-corrected chi connectivity index (χ1v) is 15.9. The number of aliphatic hydroxyl groups is 2. The summed E-state index contributed by atoms with van der Waals surface area (Å²) in [5.41, 5.74) is 4.24. The van der Waals surface area contributed by atoms with Crippen LogP contribution >= 0.6 is 0 Å². The minimum absolute atomic E-state index is 0.0301. The third-order valence-corrected chi connectivity index (χ3v) is 8.16. The predicted molar refractivity (Wildman–Crippen MR) is 173 cm³/mol. The van der Waals surface area contributed by atoms with Gasteiger partial charge in [-0.1, -0.05) is 73.5 Å². The number of carboxylic acids is 1. The van der Waals surface area contributed by atoms with E-state index in [0.717, 1.165) is 41.5 Å². The fourth-order valence-corrected chi connectivity index (χ4v) is 5.58. The van der Waals surface area contributed by atoms with Crippen molar-refractivity contribution in [2.75, 3.05) is 20.1 Å². The molecule has 3 aromatic rings. The number of amides is 1. The molecule has 0 aromatic heterocycles. The van der Waals surface area contributed by atoms with Crippen molar-refractivity contribution in [1.29, 1.82) is 0 Å². The first kappa shape index (κ1) is 35.1. The van der Waals surface area contributed by atoms with Crippen LogP contribution in [0, 0.1) is 0 Å². The Morgan fingerprint density at radius 3 is 2.26 bits per heavy atom. The maximum atomic E-state index is 12.3. The molecule has 0 bridgehead atoms. The average Bonchev–Trinajstić information content (AvgIpc) is 3.05. The summed E-state index contributed by atoms with van der Waals surface area (Å²) in [7, 11) is 1.92. The molecule has 4 rings (SSSR count). The monoisotopic (exact) mass is 634 g/mol. The number of aliphatic hydroxyl groups excluding tert-OH is 2. The highest BCUT2D eigenvalue weighted by Gasteiger charge is 2.33. The molecule has 4 atom stereocenters. The summed E-state index contributed by atoms with van der Waals surface area (Å²) in [5, 5.41) is 41.7. The van der Waals surface area contributed by atoms with Crippen LogP contribution in [0.15, 0.2) is 72.8 Å². The van der Waals surface area contributed by atoms with Crippen molar-refractivity contribution in [2.24, 2.45) is 0 Å². The van der Waals surface area contributed by atoms with E-state index in [4.69, 9.17) is 14.6 Å². The van der Waals surface area contributed by atoms with Crippen molar-refractivity contribution in [1.82, 2.24) is 10.2 Å². The molecule has 1 heterocycles. The molecular formula is C36H46N2O8. The molecule has 3 aromatic carbocycles. The Bertz CT molecular complexity index is 1380. The molecule has 1 amide bonds. The van der Waals surface area contributed by atoms with Crippen molar-refractivity contribution >= 4 is 11.9 Å². The summed E-state index contributed by atoms with van der Waals surface area (Å²) in [6, 6.07) is 22.1. The molecule has 46 heavy (non-hydrogen) atoms. The summed E-state index contributed by atoms with van der Waals surface area (Å²) in [6.45, 7) is 1.27. The lowest BCUT2D eigenvalue weighted by molar-refractivity contribution is -0.252. The van der Waals surface area contributed by atoms with Gasteiger partial charge in [0, 0.05) is 44.5 Å². The number of hydrogen-bond donors (Lipinski definition) is 5. The van der Waals surface area contributed by atoms with Crippen molar-refractivity contribution in [2.45, 2.75) is 82.7 Å². The summed E-state index contributed by atoms with van der Waals surface area (Å²) in [6.07, 6.45) is 2.34. The van der Waals surface area contributed by atoms with E-state index in [1.54, 1.807) is 24.3 Å². The fourth-order valence-electron chi connectivity index (χ4n) is 5.58. The number of ether oxygens (including phenoxy) is 2. The van der Waals surface area contributed by atoms with Gasteiger partial charge in [-0.3, -0.25) is 9.59 Å². The molecular weight excluding hydrogens is 588 g/mol. The number of likely N-dealkylation sites (N-methyl/N-ethyl adjacent to an activating group) is 1. The molecule has 1 aliphatic rings. The van der Waals surface area contributed by atoms with E-state index in [1.807, 2.05) is 60.5 Å². The van der Waals surface area contributed by atoms with E-state index in [1.165, 1.54) is 0 Å². The Morgan fingerprint density at radius 1 is 0.913 bits per heavy atom. The number of aliphatic carboxylic acids is 1. The molecule has 0 aliphatic carbocycles. The second-order valence-corrected chi connectivity index (χ2v) is 12.0. The zero-order valence-electron chi connectivity index (χ0n) is 26.4. The zero-order valence-corrected chi connectivity index (χ0v) is 26.4. The van der Waals surface area contributed by atoms with Crippen LogP contribution in [0.4, 0.5) is 0 Å². The van der Waals surface area contributed by atoms with E-state index >= 15 is 0 Å². The number of aromatic hydroxyl groups is 1. The van der Waals surface area contributed by atoms with Crippen molar-refractivity contribution in [3.8, 4) is 5.75 Å². The lowest BCUT2D eigenvalue weighted by atomic mass is 9.99. The van der Waals surface area contributed by atoms with E-state index in [-0.39, 0.29) is 36.9 Å². The molecule has 0 radical (unpaired) electrons. The highest BCUT2D eigenvalue weighted by molar-refractivity contribution is 5.75. The van der Waals surface area contributed by atoms with Gasteiger partial charge in [0.15, 0.2) is 6.29 Å². The second-order valence-electron chi connectivity index (χ2n) is 12.0. The van der Waals surface area contributed by atoms with Gasteiger partial charge in [0.25, 0.3) is 0 Å². The SMILES string of the molecule is CN(C[C@@H]1C[C@H](c2ccc(CO)cc2)O[C@H](c2ccc(CNC(=O)CCCCCCC(=O)O)cc2)O1)C[C@@H](O)c1cccc(O)c1. The Labute approximate surface area is 270 Å². The van der Waals surface area contributed by atoms with Gasteiger partial charge in [-0.2, -0.15) is 0 Å². The standard InChI is InChI=1S/C36H46N2O8/c1-38(23-32(41)29-7-6-8-30(40)19-29)22-31-20-33(27-15-13-26(24-39)14-16-27)46-36(45-31)28-17-11-25(12-18-28)21-37-34(42)9-4-2-3-5-10-35(43)44/h6-8,11-19,31-33,36,39-41H,2-5,9-10,20-24H2,1H3,(H,37,42)(H,43,44)/t31-,32+,33+,36+/m0/s1. The van der Waals surface area contributed by atoms with E-state index in [0.29, 0.717) is 44.5 Å². The van der Waals surface area contributed by atoms with Gasteiger partial charge < -0.3 is 40.1 Å². The summed E-state index contributed by atoms with van der Waals surface area (Å²) in [5.74, 6) is -0.706. The minimum Gasteiger partial charge on any atom is -0.508 e. The van der Waals surface area contributed by atoms with Gasteiger partial charge in [-0.15, -0.1) is 0 Å². The number of hydrogen-bond acceptors (Lipinski definition) is 8. The Hall–Kier alpha value is -3.80. The molecule has 1 fully saturated rings.